The Morgan fingerprint density at radius 3 is 2.47 bits per heavy atom. The zero-order chi connectivity index (χ0) is 21.7. The topological polar surface area (TPSA) is 70.8 Å². The number of hydrogen-bond acceptors (Lipinski definition) is 8. The summed E-state index contributed by atoms with van der Waals surface area (Å²) >= 11 is 1.86. The lowest BCUT2D eigenvalue weighted by molar-refractivity contribution is 0.0303. The Labute approximate surface area is 192 Å². The predicted octanol–water partition coefficient (Wildman–Crippen LogP) is 3.06. The average molecular weight is 451 g/mol. The van der Waals surface area contributed by atoms with Gasteiger partial charge >= 0.3 is 0 Å². The molecule has 3 fully saturated rings. The van der Waals surface area contributed by atoms with Crippen LogP contribution in [-0.2, 0) is 11.3 Å². The number of benzene rings is 1. The maximum absolute atomic E-state index is 6.10. The van der Waals surface area contributed by atoms with Crippen molar-refractivity contribution in [3.8, 4) is 11.4 Å². The first kappa shape index (κ1) is 20.4. The summed E-state index contributed by atoms with van der Waals surface area (Å²) in [6.07, 6.45) is 2.95. The number of rotatable bonds is 4. The molecule has 5 heterocycles. The number of fused-ring (bicyclic) bond motifs is 3. The molecule has 2 bridgehead atoms. The van der Waals surface area contributed by atoms with Crippen molar-refractivity contribution >= 4 is 33.1 Å². The Kier molecular flexibility index (Phi) is 5.25. The number of nitrogen functional groups attached to an aromatic ring is 1. The van der Waals surface area contributed by atoms with Crippen LogP contribution >= 0.6 is 11.3 Å². The lowest BCUT2D eigenvalue weighted by Crippen LogP contribution is -2.43. The summed E-state index contributed by atoms with van der Waals surface area (Å²) in [5, 5.41) is 0. The Bertz CT molecular complexity index is 1100. The standard InChI is InChI=1S/C24H30N6OS/c1-28-8-10-29(11-9-28)15-20-12-21-22(32-20)24(30-13-18-6-7-19(14-30)31-18)27-23(26-21)16-2-4-17(25)5-3-16/h2-5,12,18-19H,6-11,13-15,25H2,1H3. The second kappa shape index (κ2) is 8.26. The molecule has 0 saturated carbocycles. The summed E-state index contributed by atoms with van der Waals surface area (Å²) < 4.78 is 7.30. The lowest BCUT2D eigenvalue weighted by atomic mass is 10.2. The van der Waals surface area contributed by atoms with Gasteiger partial charge in [0.2, 0.25) is 0 Å². The van der Waals surface area contributed by atoms with Crippen LogP contribution in [-0.4, -0.2) is 78.3 Å². The maximum atomic E-state index is 6.10. The van der Waals surface area contributed by atoms with E-state index in [4.69, 9.17) is 20.4 Å². The molecule has 2 unspecified atom stereocenters. The van der Waals surface area contributed by atoms with Crippen molar-refractivity contribution in [2.45, 2.75) is 31.6 Å². The van der Waals surface area contributed by atoms with Gasteiger partial charge < -0.3 is 20.3 Å². The summed E-state index contributed by atoms with van der Waals surface area (Å²) in [5.74, 6) is 1.84. The Morgan fingerprint density at radius 2 is 1.75 bits per heavy atom. The van der Waals surface area contributed by atoms with E-state index in [-0.39, 0.29) is 0 Å². The first-order chi connectivity index (χ1) is 15.6. The highest BCUT2D eigenvalue weighted by molar-refractivity contribution is 7.19. The number of aromatic nitrogens is 2. The minimum absolute atomic E-state index is 0.323. The van der Waals surface area contributed by atoms with Gasteiger partial charge in [-0.05, 0) is 50.2 Å². The highest BCUT2D eigenvalue weighted by Gasteiger charge is 2.35. The van der Waals surface area contributed by atoms with Gasteiger partial charge in [-0.25, -0.2) is 9.97 Å². The van der Waals surface area contributed by atoms with Crippen LogP contribution in [0.15, 0.2) is 30.3 Å². The fraction of sp³-hybridized carbons (Fsp3) is 0.500. The van der Waals surface area contributed by atoms with E-state index in [0.717, 1.165) is 87.1 Å². The van der Waals surface area contributed by atoms with Gasteiger partial charge in [0, 0.05) is 61.9 Å². The monoisotopic (exact) mass is 450 g/mol. The number of piperazine rings is 1. The quantitative estimate of drug-likeness (QED) is 0.613. The van der Waals surface area contributed by atoms with Crippen LogP contribution < -0.4 is 10.6 Å². The molecule has 3 saturated heterocycles. The summed E-state index contributed by atoms with van der Waals surface area (Å²) in [7, 11) is 2.20. The van der Waals surface area contributed by atoms with E-state index >= 15 is 0 Å². The molecule has 6 rings (SSSR count). The van der Waals surface area contributed by atoms with Crippen molar-refractivity contribution in [3.63, 3.8) is 0 Å². The zero-order valence-electron chi connectivity index (χ0n) is 18.5. The molecule has 2 aromatic heterocycles. The SMILES string of the molecule is CN1CCN(Cc2cc3nc(-c4ccc(N)cc4)nc(N4CC5CCC(C4)O5)c3s2)CC1. The molecule has 0 radical (unpaired) electrons. The predicted molar refractivity (Wildman–Crippen MR) is 130 cm³/mol. The van der Waals surface area contributed by atoms with E-state index < -0.39 is 0 Å². The number of anilines is 2. The van der Waals surface area contributed by atoms with Crippen molar-refractivity contribution in [3.05, 3.63) is 35.2 Å². The van der Waals surface area contributed by atoms with Crippen molar-refractivity contribution in [2.24, 2.45) is 0 Å². The molecule has 3 aromatic rings. The number of nitrogens with two attached hydrogens (primary N) is 1. The van der Waals surface area contributed by atoms with Crippen molar-refractivity contribution in [2.75, 3.05) is 56.9 Å². The van der Waals surface area contributed by atoms with Crippen molar-refractivity contribution in [1.29, 1.82) is 0 Å². The first-order valence-electron chi connectivity index (χ1n) is 11.6. The van der Waals surface area contributed by atoms with Gasteiger partial charge in [0.25, 0.3) is 0 Å². The summed E-state index contributed by atoms with van der Waals surface area (Å²) in [5.41, 5.74) is 8.72. The summed E-state index contributed by atoms with van der Waals surface area (Å²) in [6, 6.07) is 10.1. The lowest BCUT2D eigenvalue weighted by Gasteiger charge is -2.33. The fourth-order valence-corrected chi connectivity index (χ4v) is 6.19. The molecule has 3 aliphatic heterocycles. The van der Waals surface area contributed by atoms with E-state index in [1.807, 2.05) is 35.6 Å². The smallest absolute Gasteiger partial charge is 0.162 e. The molecule has 0 spiro atoms. The third kappa shape index (κ3) is 3.96. The van der Waals surface area contributed by atoms with Crippen LogP contribution in [0.5, 0.6) is 0 Å². The van der Waals surface area contributed by atoms with E-state index in [1.54, 1.807) is 0 Å². The van der Waals surface area contributed by atoms with Crippen LogP contribution in [0.3, 0.4) is 0 Å². The molecular formula is C24H30N6OS. The highest BCUT2D eigenvalue weighted by Crippen LogP contribution is 2.37. The number of nitrogens with zero attached hydrogens (tertiary/aromatic N) is 5. The highest BCUT2D eigenvalue weighted by atomic mass is 32.1. The number of morpholine rings is 1. The second-order valence-corrected chi connectivity index (χ2v) is 10.5. The van der Waals surface area contributed by atoms with E-state index in [1.165, 1.54) is 9.58 Å². The third-order valence-corrected chi connectivity index (χ3v) is 8.00. The van der Waals surface area contributed by atoms with Gasteiger partial charge in [-0.2, -0.15) is 0 Å². The molecular weight excluding hydrogens is 420 g/mol. The Hall–Kier alpha value is -2.26. The van der Waals surface area contributed by atoms with Crippen molar-refractivity contribution < 1.29 is 4.74 Å². The molecule has 8 heteroatoms. The molecule has 168 valence electrons. The van der Waals surface area contributed by atoms with Crippen LogP contribution in [0.25, 0.3) is 21.6 Å². The minimum Gasteiger partial charge on any atom is -0.399 e. The van der Waals surface area contributed by atoms with Gasteiger partial charge in [0.05, 0.1) is 22.4 Å². The van der Waals surface area contributed by atoms with E-state index in [9.17, 15) is 0 Å². The normalized spacial score (nSPS) is 24.5. The first-order valence-corrected chi connectivity index (χ1v) is 12.4. The van der Waals surface area contributed by atoms with Crippen LogP contribution in [0.1, 0.15) is 17.7 Å². The van der Waals surface area contributed by atoms with Crippen LogP contribution in [0.2, 0.25) is 0 Å². The molecule has 7 nitrogen and oxygen atoms in total. The summed E-state index contributed by atoms with van der Waals surface area (Å²) in [4.78, 5) is 18.8. The van der Waals surface area contributed by atoms with Gasteiger partial charge in [0.1, 0.15) is 0 Å². The van der Waals surface area contributed by atoms with Gasteiger partial charge in [-0.15, -0.1) is 11.3 Å². The molecule has 0 aliphatic carbocycles. The van der Waals surface area contributed by atoms with Gasteiger partial charge in [-0.3, -0.25) is 4.90 Å². The Balaban J connectivity index is 1.38. The van der Waals surface area contributed by atoms with E-state index in [0.29, 0.717) is 12.2 Å². The maximum Gasteiger partial charge on any atom is 0.162 e. The Morgan fingerprint density at radius 1 is 1.03 bits per heavy atom. The zero-order valence-corrected chi connectivity index (χ0v) is 19.4. The molecule has 0 amide bonds. The average Bonchev–Trinajstić information content (AvgIpc) is 3.36. The molecule has 2 atom stereocenters. The van der Waals surface area contributed by atoms with Gasteiger partial charge in [0.15, 0.2) is 11.6 Å². The number of thiophene rings is 1. The van der Waals surface area contributed by atoms with Crippen LogP contribution in [0, 0.1) is 0 Å². The third-order valence-electron chi connectivity index (χ3n) is 6.89. The molecule has 1 aromatic carbocycles. The number of likely N-dealkylation sites (N-methyl/N-ethyl adjacent to an activating group) is 1. The fourth-order valence-electron chi connectivity index (χ4n) is 5.03. The van der Waals surface area contributed by atoms with Crippen molar-refractivity contribution in [1.82, 2.24) is 19.8 Å². The second-order valence-electron chi connectivity index (χ2n) is 9.36. The van der Waals surface area contributed by atoms with Crippen LogP contribution in [0.4, 0.5) is 11.5 Å². The minimum atomic E-state index is 0.323. The number of hydrogen-bond donors (Lipinski definition) is 1. The van der Waals surface area contributed by atoms with Gasteiger partial charge in [-0.1, -0.05) is 0 Å². The largest absolute Gasteiger partial charge is 0.399 e. The number of ether oxygens (including phenoxy) is 1. The van der Waals surface area contributed by atoms with E-state index in [2.05, 4.69) is 27.8 Å². The molecule has 32 heavy (non-hydrogen) atoms. The molecule has 3 aliphatic rings. The summed E-state index contributed by atoms with van der Waals surface area (Å²) in [6.45, 7) is 7.31. The molecule has 2 N–H and O–H groups in total.